The number of hydrogen-bond acceptors (Lipinski definition) is 3. The zero-order chi connectivity index (χ0) is 14.8. The van der Waals surface area contributed by atoms with Crippen molar-refractivity contribution in [3.63, 3.8) is 0 Å². The number of sulfonamides is 1. The van der Waals surface area contributed by atoms with Crippen molar-refractivity contribution in [3.8, 4) is 0 Å². The Morgan fingerprint density at radius 1 is 1.35 bits per heavy atom. The largest absolute Gasteiger partial charge is 0.314 e. The van der Waals surface area contributed by atoms with Gasteiger partial charge >= 0.3 is 0 Å². The lowest BCUT2D eigenvalue weighted by Gasteiger charge is -2.31. The number of aryl methyl sites for hydroxylation is 1. The summed E-state index contributed by atoms with van der Waals surface area (Å²) in [7, 11) is -3.51. The van der Waals surface area contributed by atoms with Gasteiger partial charge in [0.05, 0.1) is 4.90 Å². The molecule has 0 aliphatic carbocycles. The molecule has 0 saturated carbocycles. The maximum atomic E-state index is 13.1. The van der Waals surface area contributed by atoms with Crippen LogP contribution in [0.5, 0.6) is 0 Å². The van der Waals surface area contributed by atoms with Crippen LogP contribution in [0.1, 0.15) is 25.3 Å². The molecule has 20 heavy (non-hydrogen) atoms. The summed E-state index contributed by atoms with van der Waals surface area (Å²) in [5, 5.41) is 3.34. The molecule has 1 N–H and O–H groups in total. The number of piperidine rings is 1. The molecule has 1 aliphatic heterocycles. The van der Waals surface area contributed by atoms with E-state index in [1.165, 1.54) is 22.5 Å². The Balaban J connectivity index is 2.15. The lowest BCUT2D eigenvalue weighted by Crippen LogP contribution is -2.44. The van der Waals surface area contributed by atoms with Crippen LogP contribution in [0.2, 0.25) is 0 Å². The first-order chi connectivity index (χ1) is 9.45. The molecule has 4 nitrogen and oxygen atoms in total. The van der Waals surface area contributed by atoms with Crippen molar-refractivity contribution in [2.45, 2.75) is 37.6 Å². The van der Waals surface area contributed by atoms with E-state index in [-0.39, 0.29) is 4.90 Å². The van der Waals surface area contributed by atoms with Gasteiger partial charge in [-0.25, -0.2) is 12.8 Å². The van der Waals surface area contributed by atoms with Crippen molar-refractivity contribution in [2.24, 2.45) is 0 Å². The summed E-state index contributed by atoms with van der Waals surface area (Å²) in [6.45, 7) is 5.59. The first-order valence-electron chi connectivity index (χ1n) is 6.95. The zero-order valence-electron chi connectivity index (χ0n) is 11.9. The quantitative estimate of drug-likeness (QED) is 0.924. The van der Waals surface area contributed by atoms with E-state index in [2.05, 4.69) is 5.32 Å². The van der Waals surface area contributed by atoms with E-state index in [0.717, 1.165) is 19.4 Å². The molecule has 0 atom stereocenters. The summed E-state index contributed by atoms with van der Waals surface area (Å²) in [4.78, 5) is 0.209. The molecule has 1 fully saturated rings. The molecule has 0 bridgehead atoms. The number of hydrogen-bond donors (Lipinski definition) is 1. The average molecular weight is 300 g/mol. The van der Waals surface area contributed by atoms with Crippen LogP contribution in [-0.4, -0.2) is 38.4 Å². The first kappa shape index (κ1) is 15.4. The summed E-state index contributed by atoms with van der Waals surface area (Å²) in [5.41, 5.74) is 0.457. The highest BCUT2D eigenvalue weighted by atomic mass is 32.2. The normalized spacial score (nSPS) is 18.4. The Bertz CT molecular complexity index is 567. The van der Waals surface area contributed by atoms with E-state index in [1.807, 2.05) is 6.92 Å². The minimum atomic E-state index is -3.51. The monoisotopic (exact) mass is 300 g/mol. The van der Waals surface area contributed by atoms with Crippen molar-refractivity contribution in [3.05, 3.63) is 29.6 Å². The average Bonchev–Trinajstić information content (AvgIpc) is 2.39. The van der Waals surface area contributed by atoms with Gasteiger partial charge in [0.2, 0.25) is 10.0 Å². The van der Waals surface area contributed by atoms with E-state index in [9.17, 15) is 12.8 Å². The molecule has 0 amide bonds. The van der Waals surface area contributed by atoms with E-state index < -0.39 is 15.8 Å². The first-order valence-corrected chi connectivity index (χ1v) is 8.39. The Labute approximate surface area is 120 Å². The highest BCUT2D eigenvalue weighted by Gasteiger charge is 2.30. The molecule has 1 saturated heterocycles. The van der Waals surface area contributed by atoms with Crippen molar-refractivity contribution in [1.29, 1.82) is 0 Å². The second kappa shape index (κ2) is 6.20. The Morgan fingerprint density at radius 3 is 2.55 bits per heavy atom. The van der Waals surface area contributed by atoms with Crippen molar-refractivity contribution in [1.82, 2.24) is 9.62 Å². The Hall–Kier alpha value is -0.980. The van der Waals surface area contributed by atoms with Gasteiger partial charge in [0.15, 0.2) is 0 Å². The van der Waals surface area contributed by atoms with Gasteiger partial charge in [0, 0.05) is 19.1 Å². The van der Waals surface area contributed by atoms with Gasteiger partial charge in [-0.3, -0.25) is 0 Å². The van der Waals surface area contributed by atoms with Crippen LogP contribution >= 0.6 is 0 Å². The molecule has 1 aromatic rings. The number of nitrogens with one attached hydrogen (secondary N) is 1. The van der Waals surface area contributed by atoms with Crippen LogP contribution in [0, 0.1) is 12.7 Å². The Kier molecular flexibility index (Phi) is 4.78. The van der Waals surface area contributed by atoms with Gasteiger partial charge in [-0.05, 0) is 50.1 Å². The summed E-state index contributed by atoms with van der Waals surface area (Å²) < 4.78 is 39.7. The van der Waals surface area contributed by atoms with E-state index in [1.54, 1.807) is 6.92 Å². The second-order valence-corrected chi connectivity index (χ2v) is 7.05. The van der Waals surface area contributed by atoms with E-state index >= 15 is 0 Å². The molecule has 1 heterocycles. The summed E-state index contributed by atoms with van der Waals surface area (Å²) in [5.74, 6) is -0.410. The Morgan fingerprint density at radius 2 is 2.00 bits per heavy atom. The summed E-state index contributed by atoms with van der Waals surface area (Å²) in [6, 6.07) is 4.21. The van der Waals surface area contributed by atoms with Crippen molar-refractivity contribution < 1.29 is 12.8 Å². The maximum absolute atomic E-state index is 13.1. The molecule has 0 spiro atoms. The SMILES string of the molecule is CCNC1CCN(S(=O)(=O)c2ccc(F)cc2C)CC1. The lowest BCUT2D eigenvalue weighted by molar-refractivity contribution is 0.292. The van der Waals surface area contributed by atoms with E-state index in [0.29, 0.717) is 24.7 Å². The van der Waals surface area contributed by atoms with Crippen LogP contribution in [0.25, 0.3) is 0 Å². The predicted octanol–water partition coefficient (Wildman–Crippen LogP) is 1.90. The molecular weight excluding hydrogens is 279 g/mol. The standard InChI is InChI=1S/C14H21FN2O2S/c1-3-16-13-6-8-17(9-7-13)20(18,19)14-5-4-12(15)10-11(14)2/h4-5,10,13,16H,3,6-9H2,1-2H3. The van der Waals surface area contributed by atoms with Crippen LogP contribution in [0.3, 0.4) is 0 Å². The topological polar surface area (TPSA) is 49.4 Å². The molecule has 112 valence electrons. The fourth-order valence-electron chi connectivity index (χ4n) is 2.63. The van der Waals surface area contributed by atoms with Gasteiger partial charge in [-0.1, -0.05) is 6.92 Å². The van der Waals surface area contributed by atoms with Crippen molar-refractivity contribution in [2.75, 3.05) is 19.6 Å². The van der Waals surface area contributed by atoms with Gasteiger partial charge in [0.1, 0.15) is 5.82 Å². The molecule has 1 aromatic carbocycles. The van der Waals surface area contributed by atoms with Gasteiger partial charge < -0.3 is 5.32 Å². The van der Waals surface area contributed by atoms with Crippen LogP contribution in [0.15, 0.2) is 23.1 Å². The fourth-order valence-corrected chi connectivity index (χ4v) is 4.31. The molecular formula is C14H21FN2O2S. The number of benzene rings is 1. The zero-order valence-corrected chi connectivity index (χ0v) is 12.7. The highest BCUT2D eigenvalue weighted by Crippen LogP contribution is 2.23. The van der Waals surface area contributed by atoms with Gasteiger partial charge in [-0.2, -0.15) is 4.31 Å². The summed E-state index contributed by atoms with van der Waals surface area (Å²) >= 11 is 0. The number of halogens is 1. The number of nitrogens with zero attached hydrogens (tertiary/aromatic N) is 1. The third kappa shape index (κ3) is 3.19. The molecule has 6 heteroatoms. The van der Waals surface area contributed by atoms with Gasteiger partial charge in [0.25, 0.3) is 0 Å². The molecule has 0 aromatic heterocycles. The third-order valence-electron chi connectivity index (χ3n) is 3.70. The van der Waals surface area contributed by atoms with E-state index in [4.69, 9.17) is 0 Å². The van der Waals surface area contributed by atoms with Crippen LogP contribution in [0.4, 0.5) is 4.39 Å². The summed E-state index contributed by atoms with van der Waals surface area (Å²) in [6.07, 6.45) is 1.63. The van der Waals surface area contributed by atoms with Crippen LogP contribution < -0.4 is 5.32 Å². The van der Waals surface area contributed by atoms with Crippen molar-refractivity contribution >= 4 is 10.0 Å². The second-order valence-electron chi connectivity index (χ2n) is 5.15. The lowest BCUT2D eigenvalue weighted by atomic mass is 10.1. The number of rotatable bonds is 4. The highest BCUT2D eigenvalue weighted by molar-refractivity contribution is 7.89. The smallest absolute Gasteiger partial charge is 0.243 e. The van der Waals surface area contributed by atoms with Crippen LogP contribution in [-0.2, 0) is 10.0 Å². The fraction of sp³-hybridized carbons (Fsp3) is 0.571. The third-order valence-corrected chi connectivity index (χ3v) is 5.76. The maximum Gasteiger partial charge on any atom is 0.243 e. The molecule has 1 aliphatic rings. The molecule has 0 radical (unpaired) electrons. The van der Waals surface area contributed by atoms with Gasteiger partial charge in [-0.15, -0.1) is 0 Å². The minimum Gasteiger partial charge on any atom is -0.314 e. The molecule has 0 unspecified atom stereocenters. The molecule has 2 rings (SSSR count). The minimum absolute atomic E-state index is 0.209. The predicted molar refractivity (Wildman–Crippen MR) is 76.6 cm³/mol.